The third-order valence-corrected chi connectivity index (χ3v) is 8.99. The van der Waals surface area contributed by atoms with Gasteiger partial charge in [-0.05, 0) is 62.0 Å². The zero-order valence-corrected chi connectivity index (χ0v) is 23.9. The van der Waals surface area contributed by atoms with Gasteiger partial charge in [-0.2, -0.15) is 0 Å². The van der Waals surface area contributed by atoms with E-state index in [0.717, 1.165) is 11.1 Å². The highest BCUT2D eigenvalue weighted by Crippen LogP contribution is 2.53. The molecule has 0 bridgehead atoms. The molecule has 3 aliphatic carbocycles. The molecule has 5 rings (SSSR count). The summed E-state index contributed by atoms with van der Waals surface area (Å²) in [5.41, 5.74) is -1.32. The number of rotatable bonds is 5. The first-order chi connectivity index (χ1) is 19.9. The SMILES string of the molecule is CNC(=O)C1=C(O)[C@@H](N(C)C)[C@@H]2C[C@@H]3Cc4c(C5=CCN(C(=O)COC)CC5)ccc(O)c4C(=O)C3=C(O)[C@]2(O)C1=O. The Morgan fingerprint density at radius 3 is 2.50 bits per heavy atom. The fourth-order valence-corrected chi connectivity index (χ4v) is 7.01. The van der Waals surface area contributed by atoms with Crippen LogP contribution in [-0.2, 0) is 25.5 Å². The number of benzene rings is 1. The summed E-state index contributed by atoms with van der Waals surface area (Å²) >= 11 is 0. The molecule has 4 atom stereocenters. The monoisotopic (exact) mass is 581 g/mol. The highest BCUT2D eigenvalue weighted by Gasteiger charge is 2.63. The van der Waals surface area contributed by atoms with E-state index < -0.39 is 58.0 Å². The van der Waals surface area contributed by atoms with Gasteiger partial charge in [0.15, 0.2) is 11.4 Å². The van der Waals surface area contributed by atoms with Crippen molar-refractivity contribution < 1.29 is 44.3 Å². The quantitative estimate of drug-likeness (QED) is 0.310. The molecule has 5 N–H and O–H groups in total. The molecule has 1 aromatic rings. The number of hydrogen-bond donors (Lipinski definition) is 5. The number of nitrogens with zero attached hydrogens (tertiary/aromatic N) is 2. The number of phenols is 1. The van der Waals surface area contributed by atoms with E-state index in [1.165, 1.54) is 20.2 Å². The van der Waals surface area contributed by atoms with Gasteiger partial charge in [0, 0.05) is 38.7 Å². The number of ketones is 2. The van der Waals surface area contributed by atoms with Crippen LogP contribution < -0.4 is 5.32 Å². The number of aliphatic hydroxyl groups is 3. The van der Waals surface area contributed by atoms with Crippen LogP contribution in [0.2, 0.25) is 0 Å². The lowest BCUT2D eigenvalue weighted by atomic mass is 9.58. The van der Waals surface area contributed by atoms with Crippen molar-refractivity contribution in [3.63, 3.8) is 0 Å². The second-order valence-electron chi connectivity index (χ2n) is 11.4. The molecular weight excluding hydrogens is 546 g/mol. The van der Waals surface area contributed by atoms with E-state index in [1.54, 1.807) is 30.0 Å². The fourth-order valence-electron chi connectivity index (χ4n) is 7.01. The molecule has 0 unspecified atom stereocenters. The van der Waals surface area contributed by atoms with Crippen LogP contribution in [0.25, 0.3) is 5.57 Å². The first-order valence-corrected chi connectivity index (χ1v) is 13.8. The van der Waals surface area contributed by atoms with Crippen LogP contribution in [0.15, 0.2) is 40.9 Å². The lowest BCUT2D eigenvalue weighted by Crippen LogP contribution is -2.64. The van der Waals surface area contributed by atoms with Crippen LogP contribution in [-0.4, -0.2) is 113 Å². The molecule has 0 aromatic heterocycles. The average Bonchev–Trinajstić information content (AvgIpc) is 2.95. The van der Waals surface area contributed by atoms with Crippen LogP contribution in [0.4, 0.5) is 0 Å². The minimum Gasteiger partial charge on any atom is -0.510 e. The molecule has 0 fully saturated rings. The van der Waals surface area contributed by atoms with Crippen LogP contribution >= 0.6 is 0 Å². The number of carbonyl (C=O) groups is 4. The van der Waals surface area contributed by atoms with Crippen molar-refractivity contribution in [1.82, 2.24) is 15.1 Å². The zero-order valence-electron chi connectivity index (χ0n) is 23.9. The average molecular weight is 582 g/mol. The number of Topliss-reactive ketones (excluding diaryl/α,β-unsaturated/α-hetero) is 2. The summed E-state index contributed by atoms with van der Waals surface area (Å²) in [6, 6.07) is 2.11. The number of methoxy groups -OCH3 is 1. The predicted octanol–water partition coefficient (Wildman–Crippen LogP) is 0.643. The third kappa shape index (κ3) is 4.24. The standard InChI is InChI=1S/C30H35N3O9/c1-31-29(40)23-26(37)24(32(2)3)18-12-15-11-17-16(14-7-9-33(10-8-14)20(35)13-42-4)5-6-19(34)22(17)25(36)21(15)27(38)30(18,41)28(23)39/h5-7,15,18,24,34,37-38,41H,8-13H2,1-4H3,(H,31,40)/t15-,18-,24-,30-/m0/s1. The Hall–Kier alpha value is -4.00. The fraction of sp³-hybridized carbons (Fsp3) is 0.467. The third-order valence-electron chi connectivity index (χ3n) is 8.99. The van der Waals surface area contributed by atoms with Crippen LogP contribution in [0, 0.1) is 11.8 Å². The number of amides is 2. The summed E-state index contributed by atoms with van der Waals surface area (Å²) < 4.78 is 4.95. The minimum atomic E-state index is -2.64. The first kappa shape index (κ1) is 29.5. The van der Waals surface area contributed by atoms with Gasteiger partial charge in [-0.15, -0.1) is 0 Å². The normalized spacial score (nSPS) is 27.4. The topological polar surface area (TPSA) is 177 Å². The van der Waals surface area contributed by atoms with E-state index in [4.69, 9.17) is 4.74 Å². The van der Waals surface area contributed by atoms with Crippen molar-refractivity contribution in [2.24, 2.45) is 11.8 Å². The summed E-state index contributed by atoms with van der Waals surface area (Å²) in [7, 11) is 5.95. The number of likely N-dealkylation sites (N-methyl/N-ethyl adjacent to an activating group) is 2. The molecule has 0 spiro atoms. The molecule has 0 saturated carbocycles. The van der Waals surface area contributed by atoms with Gasteiger partial charge in [-0.3, -0.25) is 24.1 Å². The number of fused-ring (bicyclic) bond motifs is 3. The van der Waals surface area contributed by atoms with E-state index in [1.807, 2.05) is 6.08 Å². The van der Waals surface area contributed by atoms with Crippen molar-refractivity contribution in [1.29, 1.82) is 0 Å². The second kappa shape index (κ2) is 10.7. The molecule has 1 heterocycles. The van der Waals surface area contributed by atoms with Crippen LogP contribution in [0.1, 0.15) is 34.3 Å². The number of phenolic OH excluding ortho intramolecular Hbond substituents is 1. The van der Waals surface area contributed by atoms with Crippen molar-refractivity contribution in [3.05, 3.63) is 57.6 Å². The Morgan fingerprint density at radius 2 is 1.90 bits per heavy atom. The molecule has 12 heteroatoms. The Morgan fingerprint density at radius 1 is 1.19 bits per heavy atom. The Balaban J connectivity index is 1.61. The van der Waals surface area contributed by atoms with Crippen molar-refractivity contribution in [3.8, 4) is 5.75 Å². The van der Waals surface area contributed by atoms with Crippen LogP contribution in [0.5, 0.6) is 5.75 Å². The Bertz CT molecular complexity index is 1490. The smallest absolute Gasteiger partial charge is 0.258 e. The Kier molecular flexibility index (Phi) is 7.50. The summed E-state index contributed by atoms with van der Waals surface area (Å²) in [5.74, 6) is -6.38. The lowest BCUT2D eigenvalue weighted by Gasteiger charge is -2.50. The van der Waals surface area contributed by atoms with E-state index in [0.29, 0.717) is 25.1 Å². The van der Waals surface area contributed by atoms with E-state index in [2.05, 4.69) is 5.32 Å². The van der Waals surface area contributed by atoms with Crippen molar-refractivity contribution in [2.75, 3.05) is 47.9 Å². The molecule has 12 nitrogen and oxygen atoms in total. The number of carbonyl (C=O) groups excluding carboxylic acids is 4. The van der Waals surface area contributed by atoms with Crippen molar-refractivity contribution in [2.45, 2.75) is 30.9 Å². The maximum absolute atomic E-state index is 14.0. The number of aromatic hydroxyl groups is 1. The number of hydrogen-bond acceptors (Lipinski definition) is 10. The van der Waals surface area contributed by atoms with E-state index >= 15 is 0 Å². The summed E-state index contributed by atoms with van der Waals surface area (Å²) in [4.78, 5) is 55.6. The molecular formula is C30H35N3O9. The highest BCUT2D eigenvalue weighted by atomic mass is 16.5. The molecule has 0 radical (unpaired) electrons. The molecule has 0 saturated heterocycles. The van der Waals surface area contributed by atoms with Crippen molar-refractivity contribution >= 4 is 29.0 Å². The van der Waals surface area contributed by atoms with E-state index in [-0.39, 0.29) is 42.2 Å². The highest BCUT2D eigenvalue weighted by molar-refractivity contribution is 6.25. The molecule has 224 valence electrons. The summed E-state index contributed by atoms with van der Waals surface area (Å²) in [6.07, 6.45) is 2.66. The molecule has 1 aliphatic heterocycles. The maximum atomic E-state index is 14.0. The van der Waals surface area contributed by atoms with Gasteiger partial charge in [0.2, 0.25) is 11.7 Å². The number of allylic oxidation sites excluding steroid dienone is 1. The van der Waals surface area contributed by atoms with Gasteiger partial charge in [-0.25, -0.2) is 0 Å². The number of aliphatic hydroxyl groups excluding tert-OH is 2. The zero-order chi connectivity index (χ0) is 30.7. The molecule has 4 aliphatic rings. The minimum absolute atomic E-state index is 0.0219. The Labute approximate surface area is 242 Å². The second-order valence-corrected chi connectivity index (χ2v) is 11.4. The number of ether oxygens (including phenoxy) is 1. The lowest BCUT2D eigenvalue weighted by molar-refractivity contribution is -0.148. The first-order valence-electron chi connectivity index (χ1n) is 13.8. The predicted molar refractivity (Wildman–Crippen MR) is 150 cm³/mol. The van der Waals surface area contributed by atoms with Gasteiger partial charge in [0.05, 0.1) is 11.6 Å². The van der Waals surface area contributed by atoms with Gasteiger partial charge in [0.25, 0.3) is 5.91 Å². The van der Waals surface area contributed by atoms with Gasteiger partial charge >= 0.3 is 0 Å². The molecule has 42 heavy (non-hydrogen) atoms. The van der Waals surface area contributed by atoms with E-state index in [9.17, 15) is 39.6 Å². The van der Waals surface area contributed by atoms with Crippen LogP contribution in [0.3, 0.4) is 0 Å². The van der Waals surface area contributed by atoms with Gasteiger partial charge in [-0.1, -0.05) is 12.1 Å². The number of nitrogens with one attached hydrogen (secondary N) is 1. The molecule has 1 aromatic carbocycles. The van der Waals surface area contributed by atoms with Gasteiger partial charge < -0.3 is 35.4 Å². The van der Waals surface area contributed by atoms with Gasteiger partial charge in [0.1, 0.15) is 29.4 Å². The molecule has 2 amide bonds. The maximum Gasteiger partial charge on any atom is 0.258 e. The largest absolute Gasteiger partial charge is 0.510 e. The summed E-state index contributed by atoms with van der Waals surface area (Å²) in [5, 5.41) is 47.5. The summed E-state index contributed by atoms with van der Waals surface area (Å²) in [6.45, 7) is 0.789.